The number of amides is 1. The maximum Gasteiger partial charge on any atom is 0.299 e. The van der Waals surface area contributed by atoms with Gasteiger partial charge in [0.05, 0.1) is 17.8 Å². The van der Waals surface area contributed by atoms with E-state index in [1.807, 2.05) is 25.1 Å². The van der Waals surface area contributed by atoms with Crippen molar-refractivity contribution in [1.29, 1.82) is 0 Å². The van der Waals surface area contributed by atoms with Gasteiger partial charge in [-0.15, -0.1) is 11.3 Å². The van der Waals surface area contributed by atoms with Crippen LogP contribution in [-0.4, -0.2) is 11.7 Å². The van der Waals surface area contributed by atoms with Crippen LogP contribution in [0.25, 0.3) is 0 Å². The summed E-state index contributed by atoms with van der Waals surface area (Å²) in [5.74, 6) is -0.812. The van der Waals surface area contributed by atoms with Crippen LogP contribution in [0.3, 0.4) is 0 Å². The molecule has 0 radical (unpaired) electrons. The molecule has 2 aromatic rings. The minimum atomic E-state index is -0.419. The Balaban J connectivity index is 1.95. The Morgan fingerprint density at radius 3 is 2.55 bits per heavy atom. The van der Waals surface area contributed by atoms with Gasteiger partial charge in [0.15, 0.2) is 0 Å². The second-order valence-electron chi connectivity index (χ2n) is 4.96. The molecule has 1 aromatic heterocycles. The van der Waals surface area contributed by atoms with Crippen LogP contribution in [0, 0.1) is 6.92 Å². The van der Waals surface area contributed by atoms with Crippen molar-refractivity contribution in [3.8, 4) is 0 Å². The summed E-state index contributed by atoms with van der Waals surface area (Å²) in [7, 11) is 0. The average Bonchev–Trinajstić information content (AvgIpc) is 2.99. The van der Waals surface area contributed by atoms with E-state index in [0.29, 0.717) is 12.1 Å². The van der Waals surface area contributed by atoms with E-state index >= 15 is 0 Å². The number of benzene rings is 1. The van der Waals surface area contributed by atoms with Crippen molar-refractivity contribution in [3.05, 3.63) is 51.2 Å². The van der Waals surface area contributed by atoms with Gasteiger partial charge < -0.3 is 0 Å². The van der Waals surface area contributed by atoms with E-state index in [-0.39, 0.29) is 0 Å². The van der Waals surface area contributed by atoms with E-state index in [0.717, 1.165) is 22.5 Å². The summed E-state index contributed by atoms with van der Waals surface area (Å²) in [6, 6.07) is 9.71. The van der Waals surface area contributed by atoms with Crippen molar-refractivity contribution in [3.63, 3.8) is 0 Å². The quantitative estimate of drug-likeness (QED) is 0.811. The molecule has 3 nitrogen and oxygen atoms in total. The highest BCUT2D eigenvalue weighted by atomic mass is 32.1. The summed E-state index contributed by atoms with van der Waals surface area (Å²) in [5.41, 5.74) is 2.26. The lowest BCUT2D eigenvalue weighted by atomic mass is 10.1. The van der Waals surface area contributed by atoms with Crippen LogP contribution in [0.1, 0.15) is 32.6 Å². The molecular formula is C16H15NO2S. The van der Waals surface area contributed by atoms with E-state index in [1.54, 1.807) is 22.3 Å². The summed E-state index contributed by atoms with van der Waals surface area (Å²) >= 11 is 1.70. The van der Waals surface area contributed by atoms with Gasteiger partial charge in [0.2, 0.25) is 0 Å². The molecule has 2 heterocycles. The lowest BCUT2D eigenvalue weighted by Crippen LogP contribution is -2.28. The summed E-state index contributed by atoms with van der Waals surface area (Å²) in [6.45, 7) is 4.51. The van der Waals surface area contributed by atoms with Crippen molar-refractivity contribution in [2.45, 2.75) is 26.8 Å². The predicted octanol–water partition coefficient (Wildman–Crippen LogP) is 3.35. The first-order valence-corrected chi connectivity index (χ1v) is 7.46. The molecule has 1 aromatic carbocycles. The Hall–Kier alpha value is -1.94. The Bertz CT molecular complexity index is 702. The number of carbonyl (C=O) groups excluding carboxylic acids is 2. The number of aryl methyl sites for hydroxylation is 2. The molecule has 0 spiro atoms. The van der Waals surface area contributed by atoms with Crippen molar-refractivity contribution in [2.24, 2.45) is 0 Å². The largest absolute Gasteiger partial charge is 0.300 e. The van der Waals surface area contributed by atoms with E-state index in [1.165, 1.54) is 4.88 Å². The number of thiophene rings is 1. The van der Waals surface area contributed by atoms with Crippen molar-refractivity contribution in [1.82, 2.24) is 0 Å². The molecular weight excluding hydrogens is 270 g/mol. The summed E-state index contributed by atoms with van der Waals surface area (Å²) in [6.07, 6.45) is 0.993. The van der Waals surface area contributed by atoms with E-state index < -0.39 is 11.7 Å². The lowest BCUT2D eigenvalue weighted by molar-refractivity contribution is -0.114. The highest BCUT2D eigenvalue weighted by molar-refractivity contribution is 7.12. The van der Waals surface area contributed by atoms with Crippen LogP contribution in [0.5, 0.6) is 0 Å². The molecule has 0 N–H and O–H groups in total. The molecule has 3 rings (SSSR count). The molecule has 1 amide bonds. The van der Waals surface area contributed by atoms with Crippen molar-refractivity contribution < 1.29 is 9.59 Å². The maximum absolute atomic E-state index is 12.1. The minimum Gasteiger partial charge on any atom is -0.300 e. The van der Waals surface area contributed by atoms with Crippen LogP contribution in [0.15, 0.2) is 30.3 Å². The summed E-state index contributed by atoms with van der Waals surface area (Å²) in [4.78, 5) is 28.1. The van der Waals surface area contributed by atoms with Crippen LogP contribution in [0.4, 0.5) is 5.69 Å². The maximum atomic E-state index is 12.1. The van der Waals surface area contributed by atoms with Gasteiger partial charge in [-0.25, -0.2) is 0 Å². The number of carbonyl (C=O) groups is 2. The fraction of sp³-hybridized carbons (Fsp3) is 0.250. The van der Waals surface area contributed by atoms with Gasteiger partial charge in [-0.3, -0.25) is 14.5 Å². The number of Topliss-reactive ketones (excluding diaryl/α,β-unsaturated/α-hetero) is 1. The third-order valence-electron chi connectivity index (χ3n) is 3.51. The van der Waals surface area contributed by atoms with E-state index in [9.17, 15) is 9.59 Å². The minimum absolute atomic E-state index is 0.393. The molecule has 4 heteroatoms. The van der Waals surface area contributed by atoms with E-state index in [4.69, 9.17) is 0 Å². The molecule has 20 heavy (non-hydrogen) atoms. The molecule has 0 fully saturated rings. The SMILES string of the molecule is CCc1ccc(CN2C(=O)C(=O)c3cc(C)ccc32)s1. The van der Waals surface area contributed by atoms with Crippen LogP contribution < -0.4 is 4.90 Å². The van der Waals surface area contributed by atoms with Gasteiger partial charge in [0, 0.05) is 9.75 Å². The Labute approximate surface area is 121 Å². The van der Waals surface area contributed by atoms with Gasteiger partial charge in [0.1, 0.15) is 0 Å². The highest BCUT2D eigenvalue weighted by Gasteiger charge is 2.35. The first-order chi connectivity index (χ1) is 9.60. The molecule has 0 bridgehead atoms. The number of anilines is 1. The third-order valence-corrected chi connectivity index (χ3v) is 4.72. The van der Waals surface area contributed by atoms with Crippen molar-refractivity contribution in [2.75, 3.05) is 4.90 Å². The smallest absolute Gasteiger partial charge is 0.299 e. The van der Waals surface area contributed by atoms with E-state index in [2.05, 4.69) is 13.0 Å². The third kappa shape index (κ3) is 2.06. The standard InChI is InChI=1S/C16H15NO2S/c1-3-11-5-6-12(20-11)9-17-14-7-4-10(2)8-13(14)15(18)16(17)19/h4-8H,3,9H2,1-2H3. The first-order valence-electron chi connectivity index (χ1n) is 6.64. The molecule has 0 aliphatic carbocycles. The second kappa shape index (κ2) is 4.87. The normalized spacial score (nSPS) is 14.0. The Morgan fingerprint density at radius 1 is 1.10 bits per heavy atom. The zero-order chi connectivity index (χ0) is 14.3. The zero-order valence-electron chi connectivity index (χ0n) is 11.5. The van der Waals surface area contributed by atoms with Crippen molar-refractivity contribution >= 4 is 28.7 Å². The Kier molecular flexibility index (Phi) is 3.18. The van der Waals surface area contributed by atoms with Gasteiger partial charge in [-0.2, -0.15) is 0 Å². The molecule has 0 atom stereocenters. The van der Waals surface area contributed by atoms with Gasteiger partial charge in [-0.1, -0.05) is 18.6 Å². The molecule has 1 aliphatic rings. The molecule has 0 saturated carbocycles. The number of fused-ring (bicyclic) bond motifs is 1. The number of ketones is 1. The second-order valence-corrected chi connectivity index (χ2v) is 6.22. The molecule has 1 aliphatic heterocycles. The number of hydrogen-bond donors (Lipinski definition) is 0. The molecule has 0 unspecified atom stereocenters. The van der Waals surface area contributed by atoms with Gasteiger partial charge in [0.25, 0.3) is 11.7 Å². The first kappa shape index (κ1) is 13.1. The number of nitrogens with zero attached hydrogens (tertiary/aromatic N) is 1. The number of rotatable bonds is 3. The Morgan fingerprint density at radius 2 is 1.85 bits per heavy atom. The van der Waals surface area contributed by atoms with Crippen LogP contribution in [-0.2, 0) is 17.8 Å². The number of hydrogen-bond acceptors (Lipinski definition) is 3. The van der Waals surface area contributed by atoms with Crippen LogP contribution in [0.2, 0.25) is 0 Å². The predicted molar refractivity (Wildman–Crippen MR) is 80.4 cm³/mol. The topological polar surface area (TPSA) is 37.4 Å². The van der Waals surface area contributed by atoms with Crippen LogP contribution >= 0.6 is 11.3 Å². The molecule has 0 saturated heterocycles. The fourth-order valence-corrected chi connectivity index (χ4v) is 3.37. The summed E-state index contributed by atoms with van der Waals surface area (Å²) in [5, 5.41) is 0. The molecule has 102 valence electrons. The average molecular weight is 285 g/mol. The fourth-order valence-electron chi connectivity index (χ4n) is 2.42. The highest BCUT2D eigenvalue weighted by Crippen LogP contribution is 2.32. The summed E-state index contributed by atoms with van der Waals surface area (Å²) < 4.78 is 0. The lowest BCUT2D eigenvalue weighted by Gasteiger charge is -2.15. The monoisotopic (exact) mass is 285 g/mol. The van der Waals surface area contributed by atoms with Gasteiger partial charge >= 0.3 is 0 Å². The zero-order valence-corrected chi connectivity index (χ0v) is 12.3. The van der Waals surface area contributed by atoms with Gasteiger partial charge in [-0.05, 0) is 37.6 Å².